The van der Waals surface area contributed by atoms with Crippen LogP contribution in [0.1, 0.15) is 36.8 Å². The Balaban J connectivity index is 2.73. The largest absolute Gasteiger partial charge is 0.505 e. The quantitative estimate of drug-likeness (QED) is 0.878. The van der Waals surface area contributed by atoms with Crippen molar-refractivity contribution < 1.29 is 19.4 Å². The van der Waals surface area contributed by atoms with Gasteiger partial charge < -0.3 is 10.2 Å². The van der Waals surface area contributed by atoms with E-state index < -0.39 is 23.0 Å². The number of hydrogen-bond donors (Lipinski definition) is 2. The van der Waals surface area contributed by atoms with Crippen LogP contribution in [0.4, 0.5) is 4.39 Å². The van der Waals surface area contributed by atoms with Crippen LogP contribution in [0.5, 0.6) is 5.75 Å². The van der Waals surface area contributed by atoms with E-state index in [0.717, 1.165) is 12.8 Å². The lowest BCUT2D eigenvalue weighted by molar-refractivity contribution is -0.143. The fourth-order valence-electron chi connectivity index (χ4n) is 2.84. The van der Waals surface area contributed by atoms with Crippen LogP contribution in [0, 0.1) is 12.7 Å². The molecule has 0 spiro atoms. The van der Waals surface area contributed by atoms with E-state index in [9.17, 15) is 19.4 Å². The first-order valence-electron chi connectivity index (χ1n) is 5.81. The molecule has 0 amide bonds. The van der Waals surface area contributed by atoms with E-state index in [0.29, 0.717) is 22.9 Å². The zero-order chi connectivity index (χ0) is 13.5. The van der Waals surface area contributed by atoms with E-state index in [1.165, 1.54) is 6.07 Å². The normalized spacial score (nSPS) is 17.9. The zero-order valence-corrected chi connectivity index (χ0v) is 11.6. The predicted octanol–water partition coefficient (Wildman–Crippen LogP) is 3.50. The van der Waals surface area contributed by atoms with Gasteiger partial charge in [-0.3, -0.25) is 4.79 Å². The molecule has 2 rings (SSSR count). The monoisotopic (exact) mass is 316 g/mol. The smallest absolute Gasteiger partial charge is 0.314 e. The van der Waals surface area contributed by atoms with Crippen molar-refractivity contribution in [2.24, 2.45) is 0 Å². The molecule has 0 aliphatic heterocycles. The van der Waals surface area contributed by atoms with Gasteiger partial charge in [0.25, 0.3) is 0 Å². The molecule has 18 heavy (non-hydrogen) atoms. The summed E-state index contributed by atoms with van der Waals surface area (Å²) in [5.74, 6) is -2.30. The second-order valence-electron chi connectivity index (χ2n) is 4.78. The fraction of sp³-hybridized carbons (Fsp3) is 0.462. The van der Waals surface area contributed by atoms with Crippen molar-refractivity contribution in [3.63, 3.8) is 0 Å². The van der Waals surface area contributed by atoms with Gasteiger partial charge >= 0.3 is 5.97 Å². The molecule has 1 fully saturated rings. The van der Waals surface area contributed by atoms with Crippen LogP contribution in [0.25, 0.3) is 0 Å². The third-order valence-corrected chi connectivity index (χ3v) is 4.62. The molecule has 5 heteroatoms. The number of carboxylic acid groups (broad SMARTS) is 1. The van der Waals surface area contributed by atoms with E-state index in [1.807, 2.05) is 0 Å². The van der Waals surface area contributed by atoms with Crippen molar-refractivity contribution in [2.75, 3.05) is 0 Å². The lowest BCUT2D eigenvalue weighted by Crippen LogP contribution is -2.33. The number of carboxylic acids is 1. The van der Waals surface area contributed by atoms with E-state index in [1.54, 1.807) is 6.92 Å². The second-order valence-corrected chi connectivity index (χ2v) is 5.64. The maximum absolute atomic E-state index is 13.6. The minimum Gasteiger partial charge on any atom is -0.505 e. The highest BCUT2D eigenvalue weighted by atomic mass is 79.9. The molecule has 0 bridgehead atoms. The zero-order valence-electron chi connectivity index (χ0n) is 9.96. The third kappa shape index (κ3) is 1.81. The molecule has 0 heterocycles. The Morgan fingerprint density at radius 1 is 1.44 bits per heavy atom. The van der Waals surface area contributed by atoms with E-state index >= 15 is 0 Å². The molecule has 1 saturated carbocycles. The van der Waals surface area contributed by atoms with Crippen molar-refractivity contribution >= 4 is 21.9 Å². The minimum atomic E-state index is -1.15. The summed E-state index contributed by atoms with van der Waals surface area (Å²) in [6.07, 6.45) is 2.43. The highest BCUT2D eigenvalue weighted by Crippen LogP contribution is 2.48. The molecule has 1 aromatic carbocycles. The van der Waals surface area contributed by atoms with Gasteiger partial charge in [0.05, 0.1) is 5.41 Å². The molecule has 2 N–H and O–H groups in total. The number of phenolic OH excluding ortho intramolecular Hbond substituents is 1. The molecule has 0 saturated heterocycles. The van der Waals surface area contributed by atoms with Crippen LogP contribution in [-0.4, -0.2) is 16.2 Å². The number of aromatic hydroxyl groups is 1. The average Bonchev–Trinajstić information content (AvgIpc) is 2.77. The topological polar surface area (TPSA) is 57.5 Å². The predicted molar refractivity (Wildman–Crippen MR) is 68.3 cm³/mol. The van der Waals surface area contributed by atoms with Crippen LogP contribution < -0.4 is 0 Å². The number of benzene rings is 1. The van der Waals surface area contributed by atoms with E-state index in [4.69, 9.17) is 0 Å². The lowest BCUT2D eigenvalue weighted by atomic mass is 9.76. The van der Waals surface area contributed by atoms with Gasteiger partial charge in [0.1, 0.15) is 0 Å². The Hall–Kier alpha value is -1.10. The molecule has 0 radical (unpaired) electrons. The first-order chi connectivity index (χ1) is 8.40. The number of carbonyl (C=O) groups is 1. The van der Waals surface area contributed by atoms with Crippen molar-refractivity contribution in [3.8, 4) is 5.75 Å². The first kappa shape index (κ1) is 13.3. The summed E-state index contributed by atoms with van der Waals surface area (Å²) in [7, 11) is 0. The van der Waals surface area contributed by atoms with Crippen molar-refractivity contribution in [1.82, 2.24) is 0 Å². The molecule has 1 aromatic rings. The van der Waals surface area contributed by atoms with Crippen LogP contribution in [0.3, 0.4) is 0 Å². The van der Waals surface area contributed by atoms with Gasteiger partial charge in [0.15, 0.2) is 11.6 Å². The molecule has 0 unspecified atom stereocenters. The Bertz CT molecular complexity index is 481. The van der Waals surface area contributed by atoms with Gasteiger partial charge in [0.2, 0.25) is 0 Å². The van der Waals surface area contributed by atoms with Gasteiger partial charge in [0, 0.05) is 10.0 Å². The number of aliphatic carboxylic acids is 1. The molecular weight excluding hydrogens is 303 g/mol. The molecule has 1 aliphatic carbocycles. The first-order valence-corrected chi connectivity index (χ1v) is 6.61. The maximum Gasteiger partial charge on any atom is 0.314 e. The van der Waals surface area contributed by atoms with Crippen LogP contribution >= 0.6 is 15.9 Å². The summed E-state index contributed by atoms with van der Waals surface area (Å²) in [6.45, 7) is 1.70. The second kappa shape index (κ2) is 4.53. The van der Waals surface area contributed by atoms with Crippen LogP contribution in [0.2, 0.25) is 0 Å². The Kier molecular flexibility index (Phi) is 3.36. The number of hydrogen-bond acceptors (Lipinski definition) is 2. The van der Waals surface area contributed by atoms with Crippen molar-refractivity contribution in [3.05, 3.63) is 27.5 Å². The molecule has 0 atom stereocenters. The fourth-order valence-corrected chi connectivity index (χ4v) is 3.24. The number of rotatable bonds is 2. The Morgan fingerprint density at radius 3 is 2.50 bits per heavy atom. The summed E-state index contributed by atoms with van der Waals surface area (Å²) in [5, 5.41) is 19.4. The number of halogens is 2. The summed E-state index contributed by atoms with van der Waals surface area (Å²) in [4.78, 5) is 11.6. The maximum atomic E-state index is 13.6. The van der Waals surface area contributed by atoms with Crippen molar-refractivity contribution in [2.45, 2.75) is 38.0 Å². The SMILES string of the molecule is Cc1c(Br)cc(F)c(O)c1C1(C(=O)O)CCCC1. The third-order valence-electron chi connectivity index (χ3n) is 3.79. The summed E-state index contributed by atoms with van der Waals surface area (Å²) >= 11 is 3.21. The number of phenols is 1. The standard InChI is InChI=1S/C13H14BrFO3/c1-7-8(14)6-9(15)11(16)10(7)13(12(17)18)4-2-3-5-13/h6,16H,2-5H2,1H3,(H,17,18). The summed E-state index contributed by atoms with van der Waals surface area (Å²) in [5.41, 5.74) is -0.337. The summed E-state index contributed by atoms with van der Waals surface area (Å²) < 4.78 is 14.1. The van der Waals surface area contributed by atoms with Gasteiger partial charge in [-0.05, 0) is 31.4 Å². The average molecular weight is 317 g/mol. The molecule has 1 aliphatic rings. The van der Waals surface area contributed by atoms with E-state index in [2.05, 4.69) is 15.9 Å². The van der Waals surface area contributed by atoms with Crippen LogP contribution in [-0.2, 0) is 10.2 Å². The summed E-state index contributed by atoms with van der Waals surface area (Å²) in [6, 6.07) is 1.17. The molecule has 0 aromatic heterocycles. The van der Waals surface area contributed by atoms with Gasteiger partial charge in [-0.25, -0.2) is 4.39 Å². The Morgan fingerprint density at radius 2 is 2.00 bits per heavy atom. The molecular formula is C13H14BrFO3. The lowest BCUT2D eigenvalue weighted by Gasteiger charge is -2.27. The minimum absolute atomic E-state index is 0.222. The van der Waals surface area contributed by atoms with Gasteiger partial charge in [-0.1, -0.05) is 28.8 Å². The highest BCUT2D eigenvalue weighted by molar-refractivity contribution is 9.10. The molecule has 3 nitrogen and oxygen atoms in total. The van der Waals surface area contributed by atoms with Crippen molar-refractivity contribution in [1.29, 1.82) is 0 Å². The van der Waals surface area contributed by atoms with Crippen LogP contribution in [0.15, 0.2) is 10.5 Å². The van der Waals surface area contributed by atoms with Gasteiger partial charge in [-0.15, -0.1) is 0 Å². The van der Waals surface area contributed by atoms with E-state index in [-0.39, 0.29) is 5.56 Å². The van der Waals surface area contributed by atoms with Gasteiger partial charge in [-0.2, -0.15) is 0 Å². The Labute approximate surface area is 113 Å². The molecule has 98 valence electrons. The highest BCUT2D eigenvalue weighted by Gasteiger charge is 2.46.